The third-order valence-electron chi connectivity index (χ3n) is 2.74. The van der Waals surface area contributed by atoms with Crippen molar-refractivity contribution in [3.05, 3.63) is 0 Å². The molecule has 0 aromatic heterocycles. The highest BCUT2D eigenvalue weighted by molar-refractivity contribution is 6.18. The monoisotopic (exact) mass is 298 g/mol. The van der Waals surface area contributed by atoms with Crippen molar-refractivity contribution < 1.29 is 29.6 Å². The van der Waals surface area contributed by atoms with Crippen molar-refractivity contribution in [1.29, 1.82) is 0 Å². The van der Waals surface area contributed by atoms with Gasteiger partial charge in [-0.25, -0.2) is 4.79 Å². The summed E-state index contributed by atoms with van der Waals surface area (Å²) in [6, 6.07) is -0.467. The van der Waals surface area contributed by atoms with Crippen molar-refractivity contribution in [2.75, 3.05) is 26.1 Å². The Labute approximate surface area is 115 Å². The molecule has 1 aliphatic rings. The number of carbonyl (C=O) groups is 1. The SMILES string of the molecule is CO[C@H]1O[C@H](CNC(=O)NCCCl)[C@@H](O)[C@H](O)[C@H]1O. The van der Waals surface area contributed by atoms with Gasteiger partial charge in [-0.15, -0.1) is 11.6 Å². The number of hydrogen-bond donors (Lipinski definition) is 5. The molecular formula is C10H19ClN2O6. The Bertz CT molecular complexity index is 293. The Kier molecular flexibility index (Phi) is 6.76. The van der Waals surface area contributed by atoms with Gasteiger partial charge in [0.15, 0.2) is 6.29 Å². The molecule has 9 heteroatoms. The lowest BCUT2D eigenvalue weighted by Crippen LogP contribution is -2.60. The zero-order chi connectivity index (χ0) is 14.4. The number of hydrogen-bond acceptors (Lipinski definition) is 6. The van der Waals surface area contributed by atoms with Gasteiger partial charge < -0.3 is 35.4 Å². The summed E-state index contributed by atoms with van der Waals surface area (Å²) in [5.74, 6) is 0.284. The molecule has 2 amide bonds. The van der Waals surface area contributed by atoms with E-state index in [9.17, 15) is 20.1 Å². The van der Waals surface area contributed by atoms with Crippen molar-refractivity contribution in [2.24, 2.45) is 0 Å². The lowest BCUT2D eigenvalue weighted by atomic mass is 9.99. The number of ether oxygens (including phenoxy) is 2. The second kappa shape index (κ2) is 7.83. The Morgan fingerprint density at radius 3 is 2.53 bits per heavy atom. The maximum absolute atomic E-state index is 11.3. The largest absolute Gasteiger partial charge is 0.388 e. The number of carbonyl (C=O) groups excluding carboxylic acids is 1. The quantitative estimate of drug-likeness (QED) is 0.374. The van der Waals surface area contributed by atoms with E-state index in [1.54, 1.807) is 0 Å². The minimum absolute atomic E-state index is 0.0427. The van der Waals surface area contributed by atoms with Crippen molar-refractivity contribution >= 4 is 17.6 Å². The van der Waals surface area contributed by atoms with Gasteiger partial charge in [0.2, 0.25) is 0 Å². The minimum Gasteiger partial charge on any atom is -0.388 e. The molecule has 1 saturated heterocycles. The fraction of sp³-hybridized carbons (Fsp3) is 0.900. The van der Waals surface area contributed by atoms with E-state index in [1.807, 2.05) is 0 Å². The molecule has 1 rings (SSSR count). The molecule has 1 aliphatic heterocycles. The third kappa shape index (κ3) is 4.44. The van der Waals surface area contributed by atoms with E-state index >= 15 is 0 Å². The van der Waals surface area contributed by atoms with Crippen LogP contribution in [-0.4, -0.2) is 78.1 Å². The van der Waals surface area contributed by atoms with Crippen molar-refractivity contribution in [3.63, 3.8) is 0 Å². The molecule has 0 spiro atoms. The van der Waals surface area contributed by atoms with E-state index in [2.05, 4.69) is 10.6 Å². The van der Waals surface area contributed by atoms with E-state index in [1.165, 1.54) is 7.11 Å². The predicted octanol–water partition coefficient (Wildman–Crippen LogP) is -2.02. The van der Waals surface area contributed by atoms with Crippen LogP contribution < -0.4 is 10.6 Å². The summed E-state index contributed by atoms with van der Waals surface area (Å²) in [5, 5.41) is 33.8. The number of aliphatic hydroxyl groups is 3. The smallest absolute Gasteiger partial charge is 0.314 e. The first kappa shape index (κ1) is 16.4. The van der Waals surface area contributed by atoms with Gasteiger partial charge in [0.25, 0.3) is 0 Å². The molecule has 0 bridgehead atoms. The van der Waals surface area contributed by atoms with Gasteiger partial charge in [-0.1, -0.05) is 0 Å². The molecule has 112 valence electrons. The highest BCUT2D eigenvalue weighted by Gasteiger charge is 2.43. The molecule has 0 unspecified atom stereocenters. The summed E-state index contributed by atoms with van der Waals surface area (Å²) >= 11 is 5.41. The topological polar surface area (TPSA) is 120 Å². The van der Waals surface area contributed by atoms with Crippen LogP contribution in [-0.2, 0) is 9.47 Å². The Hall–Kier alpha value is -0.640. The number of nitrogens with one attached hydrogen (secondary N) is 2. The van der Waals surface area contributed by atoms with Crippen molar-refractivity contribution in [1.82, 2.24) is 10.6 Å². The van der Waals surface area contributed by atoms with Crippen LogP contribution in [0.3, 0.4) is 0 Å². The first-order valence-electron chi connectivity index (χ1n) is 5.81. The van der Waals surface area contributed by atoms with Crippen LogP contribution in [0.15, 0.2) is 0 Å². The lowest BCUT2D eigenvalue weighted by molar-refractivity contribution is -0.288. The summed E-state index contributed by atoms with van der Waals surface area (Å²) in [6.45, 7) is 0.266. The Morgan fingerprint density at radius 1 is 1.26 bits per heavy atom. The lowest BCUT2D eigenvalue weighted by Gasteiger charge is -2.39. The normalized spacial score (nSPS) is 34.9. The summed E-state index contributed by atoms with van der Waals surface area (Å²) in [6.07, 6.45) is -6.02. The summed E-state index contributed by atoms with van der Waals surface area (Å²) in [4.78, 5) is 11.3. The van der Waals surface area contributed by atoms with Crippen LogP contribution in [0.4, 0.5) is 4.79 Å². The van der Waals surface area contributed by atoms with Crippen LogP contribution in [0.25, 0.3) is 0 Å². The van der Waals surface area contributed by atoms with Gasteiger partial charge in [-0.05, 0) is 0 Å². The predicted molar refractivity (Wildman–Crippen MR) is 65.8 cm³/mol. The fourth-order valence-electron chi connectivity index (χ4n) is 1.70. The molecule has 5 atom stereocenters. The number of amides is 2. The second-order valence-electron chi connectivity index (χ2n) is 4.08. The van der Waals surface area contributed by atoms with Gasteiger partial charge in [-0.3, -0.25) is 0 Å². The molecular weight excluding hydrogens is 280 g/mol. The molecule has 5 N–H and O–H groups in total. The first-order valence-corrected chi connectivity index (χ1v) is 6.34. The van der Waals surface area contributed by atoms with E-state index in [-0.39, 0.29) is 12.4 Å². The van der Waals surface area contributed by atoms with E-state index < -0.39 is 36.7 Å². The third-order valence-corrected chi connectivity index (χ3v) is 2.93. The number of rotatable bonds is 5. The zero-order valence-electron chi connectivity index (χ0n) is 10.5. The Balaban J connectivity index is 2.46. The molecule has 1 fully saturated rings. The standard InChI is InChI=1S/C10H19ClN2O6/c1-18-9-8(16)7(15)6(14)5(19-9)4-13-10(17)12-3-2-11/h5-9,14-16H,2-4H2,1H3,(H2,12,13,17)/t5-,6-,7+,8-,9+/m1/s1. The van der Waals surface area contributed by atoms with Gasteiger partial charge >= 0.3 is 6.03 Å². The van der Waals surface area contributed by atoms with Gasteiger partial charge in [0.1, 0.15) is 24.4 Å². The summed E-state index contributed by atoms with van der Waals surface area (Å²) in [7, 11) is 1.30. The maximum Gasteiger partial charge on any atom is 0.314 e. The van der Waals surface area contributed by atoms with Crippen LogP contribution in [0.5, 0.6) is 0 Å². The number of alkyl halides is 1. The fourth-order valence-corrected chi connectivity index (χ4v) is 1.79. The average Bonchev–Trinajstić information content (AvgIpc) is 2.41. The van der Waals surface area contributed by atoms with Crippen LogP contribution >= 0.6 is 11.6 Å². The molecule has 0 aromatic carbocycles. The molecule has 0 saturated carbocycles. The first-order chi connectivity index (χ1) is 9.01. The van der Waals surface area contributed by atoms with Crippen LogP contribution in [0.1, 0.15) is 0 Å². The van der Waals surface area contributed by atoms with Crippen molar-refractivity contribution in [3.8, 4) is 0 Å². The average molecular weight is 299 g/mol. The molecule has 1 heterocycles. The molecule has 0 aliphatic carbocycles. The maximum atomic E-state index is 11.3. The number of urea groups is 1. The molecule has 0 aromatic rings. The summed E-state index contributed by atoms with van der Waals surface area (Å²) in [5.41, 5.74) is 0. The highest BCUT2D eigenvalue weighted by atomic mass is 35.5. The van der Waals surface area contributed by atoms with E-state index in [0.29, 0.717) is 6.54 Å². The van der Waals surface area contributed by atoms with Gasteiger partial charge in [0.05, 0.1) is 0 Å². The minimum atomic E-state index is -1.41. The highest BCUT2D eigenvalue weighted by Crippen LogP contribution is 2.21. The van der Waals surface area contributed by atoms with Gasteiger partial charge in [-0.2, -0.15) is 0 Å². The molecule has 19 heavy (non-hydrogen) atoms. The number of halogens is 1. The van der Waals surface area contributed by atoms with E-state index in [4.69, 9.17) is 21.1 Å². The van der Waals surface area contributed by atoms with E-state index in [0.717, 1.165) is 0 Å². The summed E-state index contributed by atoms with van der Waals surface area (Å²) < 4.78 is 10.1. The zero-order valence-corrected chi connectivity index (χ0v) is 11.2. The number of aliphatic hydroxyl groups excluding tert-OH is 3. The Morgan fingerprint density at radius 2 is 1.95 bits per heavy atom. The molecule has 8 nitrogen and oxygen atoms in total. The van der Waals surface area contributed by atoms with Gasteiger partial charge in [0, 0.05) is 26.1 Å². The second-order valence-corrected chi connectivity index (χ2v) is 4.45. The molecule has 0 radical (unpaired) electrons. The van der Waals surface area contributed by atoms with Crippen LogP contribution in [0, 0.1) is 0 Å². The van der Waals surface area contributed by atoms with Crippen molar-refractivity contribution in [2.45, 2.75) is 30.7 Å². The number of methoxy groups -OCH3 is 1. The van der Waals surface area contributed by atoms with Crippen LogP contribution in [0.2, 0.25) is 0 Å².